The molecule has 2 heterocycles. The standard InChI is InChI=1S/C24H33NO5/c1-5-19(26)25-22-23(2,3)15-12-16-20(29-7-6-24(16,22)13-15)14-10-17(27-4)21-18(11-14)28-8-9-30-21/h10-11,15-16,20,22H,5-9,12-13H2,1-4H3,(H,25,26)/t15-,16-,20-,22-,24?/m1/s1. The molecule has 30 heavy (non-hydrogen) atoms. The van der Waals surface area contributed by atoms with Crippen molar-refractivity contribution < 1.29 is 23.7 Å². The number of carbonyl (C=O) groups is 1. The first kappa shape index (κ1) is 20.0. The second kappa shape index (κ2) is 7.04. The summed E-state index contributed by atoms with van der Waals surface area (Å²) in [5.41, 5.74) is 1.28. The number of rotatable bonds is 4. The predicted octanol–water partition coefficient (Wildman–Crippen LogP) is 3.88. The molecule has 1 spiro atoms. The molecule has 0 aromatic heterocycles. The van der Waals surface area contributed by atoms with E-state index in [0.29, 0.717) is 49.6 Å². The maximum atomic E-state index is 12.4. The SMILES string of the molecule is CCC(=O)N[C@@H]1C(C)(C)[C@@H]2C[C@@H]3[C@@H](c4cc(OC)c5c(c4)OCCO5)OCCC31C2. The fourth-order valence-electron chi connectivity index (χ4n) is 6.84. The lowest BCUT2D eigenvalue weighted by Crippen LogP contribution is -2.58. The Kier molecular flexibility index (Phi) is 4.69. The Morgan fingerprint density at radius 1 is 1.23 bits per heavy atom. The summed E-state index contributed by atoms with van der Waals surface area (Å²) in [5, 5.41) is 3.42. The average Bonchev–Trinajstić information content (AvgIpc) is 3.25. The van der Waals surface area contributed by atoms with E-state index in [-0.39, 0.29) is 28.9 Å². The first-order valence-electron chi connectivity index (χ1n) is 11.3. The molecule has 2 saturated carbocycles. The monoisotopic (exact) mass is 415 g/mol. The van der Waals surface area contributed by atoms with Crippen molar-refractivity contribution in [2.24, 2.45) is 22.7 Å². The Morgan fingerprint density at radius 3 is 2.80 bits per heavy atom. The number of hydrogen-bond donors (Lipinski definition) is 1. The van der Waals surface area contributed by atoms with Crippen LogP contribution in [0.25, 0.3) is 0 Å². The Hall–Kier alpha value is -1.95. The number of amides is 1. The van der Waals surface area contributed by atoms with E-state index in [2.05, 4.69) is 25.2 Å². The number of nitrogens with one attached hydrogen (secondary N) is 1. The van der Waals surface area contributed by atoms with Gasteiger partial charge in [-0.2, -0.15) is 0 Å². The van der Waals surface area contributed by atoms with Gasteiger partial charge in [0.25, 0.3) is 0 Å². The number of fused-ring (bicyclic) bond motifs is 2. The molecule has 4 aliphatic rings. The van der Waals surface area contributed by atoms with Crippen LogP contribution in [0.3, 0.4) is 0 Å². The minimum atomic E-state index is -0.0226. The second-order valence-electron chi connectivity index (χ2n) is 9.94. The van der Waals surface area contributed by atoms with E-state index < -0.39 is 0 Å². The molecule has 1 amide bonds. The van der Waals surface area contributed by atoms with Crippen molar-refractivity contribution in [2.45, 2.75) is 58.6 Å². The molecular weight excluding hydrogens is 382 g/mol. The third-order valence-corrected chi connectivity index (χ3v) is 8.31. The Labute approximate surface area is 178 Å². The molecule has 6 nitrogen and oxygen atoms in total. The topological polar surface area (TPSA) is 66.0 Å². The van der Waals surface area contributed by atoms with Gasteiger partial charge in [0.1, 0.15) is 13.2 Å². The fraction of sp³-hybridized carbons (Fsp3) is 0.708. The molecule has 1 unspecified atom stereocenters. The molecule has 2 aliphatic heterocycles. The smallest absolute Gasteiger partial charge is 0.219 e. The fourth-order valence-corrected chi connectivity index (χ4v) is 6.84. The maximum absolute atomic E-state index is 12.4. The number of carbonyl (C=O) groups excluding carboxylic acids is 1. The summed E-state index contributed by atoms with van der Waals surface area (Å²) in [6.45, 7) is 8.38. The molecule has 2 bridgehead atoms. The van der Waals surface area contributed by atoms with E-state index in [4.69, 9.17) is 18.9 Å². The summed E-state index contributed by atoms with van der Waals surface area (Å²) in [5.74, 6) is 3.23. The van der Waals surface area contributed by atoms with Gasteiger partial charge in [-0.1, -0.05) is 20.8 Å². The van der Waals surface area contributed by atoms with Gasteiger partial charge in [0, 0.05) is 19.1 Å². The summed E-state index contributed by atoms with van der Waals surface area (Å²) in [7, 11) is 1.66. The van der Waals surface area contributed by atoms with E-state index in [1.807, 2.05) is 13.0 Å². The van der Waals surface area contributed by atoms with Crippen molar-refractivity contribution in [1.82, 2.24) is 5.32 Å². The normalized spacial score (nSPS) is 35.6. The largest absolute Gasteiger partial charge is 0.493 e. The lowest BCUT2D eigenvalue weighted by atomic mass is 9.59. The zero-order valence-electron chi connectivity index (χ0n) is 18.5. The van der Waals surface area contributed by atoms with Crippen LogP contribution in [0.15, 0.2) is 12.1 Å². The molecule has 1 aromatic rings. The van der Waals surface area contributed by atoms with Crippen molar-refractivity contribution >= 4 is 5.91 Å². The van der Waals surface area contributed by atoms with Crippen LogP contribution in [-0.2, 0) is 9.53 Å². The van der Waals surface area contributed by atoms with E-state index in [1.165, 1.54) is 6.42 Å². The lowest BCUT2D eigenvalue weighted by Gasteiger charge is -2.53. The van der Waals surface area contributed by atoms with Crippen molar-refractivity contribution in [3.63, 3.8) is 0 Å². The average molecular weight is 416 g/mol. The molecule has 1 saturated heterocycles. The van der Waals surface area contributed by atoms with Crippen LogP contribution < -0.4 is 19.5 Å². The van der Waals surface area contributed by atoms with Gasteiger partial charge in [-0.25, -0.2) is 0 Å². The number of benzene rings is 1. The number of ether oxygens (including phenoxy) is 4. The molecule has 1 N–H and O–H groups in total. The van der Waals surface area contributed by atoms with Crippen molar-refractivity contribution in [3.8, 4) is 17.2 Å². The minimum Gasteiger partial charge on any atom is -0.493 e. The van der Waals surface area contributed by atoms with Gasteiger partial charge in [0.2, 0.25) is 11.7 Å². The highest BCUT2D eigenvalue weighted by atomic mass is 16.6. The maximum Gasteiger partial charge on any atom is 0.219 e. The Balaban J connectivity index is 1.52. The molecular formula is C24H33NO5. The van der Waals surface area contributed by atoms with Crippen molar-refractivity contribution in [2.75, 3.05) is 26.9 Å². The highest BCUT2D eigenvalue weighted by Gasteiger charge is 2.68. The first-order chi connectivity index (χ1) is 14.4. The predicted molar refractivity (Wildman–Crippen MR) is 112 cm³/mol. The second-order valence-corrected chi connectivity index (χ2v) is 9.94. The first-order valence-corrected chi connectivity index (χ1v) is 11.3. The van der Waals surface area contributed by atoms with Crippen LogP contribution in [0.2, 0.25) is 0 Å². The molecule has 5 atom stereocenters. The molecule has 3 fully saturated rings. The summed E-state index contributed by atoms with van der Waals surface area (Å²) >= 11 is 0. The van der Waals surface area contributed by atoms with Crippen LogP contribution in [-0.4, -0.2) is 38.9 Å². The third-order valence-electron chi connectivity index (χ3n) is 8.31. The summed E-state index contributed by atoms with van der Waals surface area (Å²) in [6, 6.07) is 4.30. The summed E-state index contributed by atoms with van der Waals surface area (Å²) in [6.07, 6.45) is 3.81. The summed E-state index contributed by atoms with van der Waals surface area (Å²) < 4.78 is 23.7. The zero-order chi connectivity index (χ0) is 21.1. The van der Waals surface area contributed by atoms with Gasteiger partial charge in [0.05, 0.1) is 13.2 Å². The zero-order valence-corrected chi connectivity index (χ0v) is 18.5. The minimum absolute atomic E-state index is 0.0226. The van der Waals surface area contributed by atoms with Crippen LogP contribution in [0.5, 0.6) is 17.2 Å². The van der Waals surface area contributed by atoms with E-state index in [9.17, 15) is 4.79 Å². The molecule has 5 rings (SSSR count). The van der Waals surface area contributed by atoms with Crippen molar-refractivity contribution in [3.05, 3.63) is 17.7 Å². The van der Waals surface area contributed by atoms with Gasteiger partial charge in [-0.3, -0.25) is 4.79 Å². The van der Waals surface area contributed by atoms with Gasteiger partial charge in [-0.15, -0.1) is 0 Å². The van der Waals surface area contributed by atoms with Crippen LogP contribution in [0, 0.1) is 22.7 Å². The van der Waals surface area contributed by atoms with Gasteiger partial charge in [-0.05, 0) is 59.6 Å². The highest BCUT2D eigenvalue weighted by molar-refractivity contribution is 5.76. The van der Waals surface area contributed by atoms with E-state index in [1.54, 1.807) is 7.11 Å². The van der Waals surface area contributed by atoms with E-state index >= 15 is 0 Å². The van der Waals surface area contributed by atoms with Crippen LogP contribution in [0.4, 0.5) is 0 Å². The third kappa shape index (κ3) is 2.75. The molecule has 6 heteroatoms. The van der Waals surface area contributed by atoms with Crippen LogP contribution in [0.1, 0.15) is 58.1 Å². The lowest BCUT2D eigenvalue weighted by molar-refractivity contribution is -0.137. The molecule has 2 aliphatic carbocycles. The highest BCUT2D eigenvalue weighted by Crippen LogP contribution is 2.70. The molecule has 1 aromatic carbocycles. The molecule has 164 valence electrons. The van der Waals surface area contributed by atoms with Crippen LogP contribution >= 0.6 is 0 Å². The quantitative estimate of drug-likeness (QED) is 0.809. The van der Waals surface area contributed by atoms with Gasteiger partial charge in [0.15, 0.2) is 11.5 Å². The number of methoxy groups -OCH3 is 1. The van der Waals surface area contributed by atoms with Crippen molar-refractivity contribution in [1.29, 1.82) is 0 Å². The summed E-state index contributed by atoms with van der Waals surface area (Å²) in [4.78, 5) is 12.4. The molecule has 0 radical (unpaired) electrons. The van der Waals surface area contributed by atoms with E-state index in [0.717, 1.165) is 24.2 Å². The number of hydrogen-bond acceptors (Lipinski definition) is 5. The Morgan fingerprint density at radius 2 is 2.03 bits per heavy atom. The van der Waals surface area contributed by atoms with Gasteiger partial charge >= 0.3 is 0 Å². The van der Waals surface area contributed by atoms with Gasteiger partial charge < -0.3 is 24.3 Å². The Bertz CT molecular complexity index is 835.